The van der Waals surface area contributed by atoms with Crippen molar-refractivity contribution in [3.63, 3.8) is 0 Å². The summed E-state index contributed by atoms with van der Waals surface area (Å²) in [4.78, 5) is 0. The Kier molecular flexibility index (Phi) is 4.21. The van der Waals surface area contributed by atoms with Gasteiger partial charge in [0, 0.05) is 6.54 Å². The molecule has 0 aromatic heterocycles. The number of halogens is 1. The highest BCUT2D eigenvalue weighted by molar-refractivity contribution is 7.69. The van der Waals surface area contributed by atoms with Crippen molar-refractivity contribution in [3.05, 3.63) is 35.9 Å². The lowest BCUT2D eigenvalue weighted by Gasteiger charge is -2.10. The summed E-state index contributed by atoms with van der Waals surface area (Å²) in [6, 6.07) is 9.31. The molecule has 0 radical (unpaired) electrons. The highest BCUT2D eigenvalue weighted by Crippen LogP contribution is 2.04. The molecule has 3 nitrogen and oxygen atoms in total. The van der Waals surface area contributed by atoms with Gasteiger partial charge in [0.15, 0.2) is 0 Å². The van der Waals surface area contributed by atoms with Gasteiger partial charge in [-0.05, 0) is 5.56 Å². The molecule has 0 aliphatic heterocycles. The van der Waals surface area contributed by atoms with Crippen LogP contribution in [0.5, 0.6) is 0 Å². The summed E-state index contributed by atoms with van der Waals surface area (Å²) in [6.45, 7) is 0.336. The summed E-state index contributed by atoms with van der Waals surface area (Å²) < 4.78 is 22.4. The number of rotatable bonds is 4. The molecule has 5 heteroatoms. The van der Waals surface area contributed by atoms with Gasteiger partial charge in [-0.3, -0.25) is 0 Å². The molecule has 0 atom stereocenters. The van der Waals surface area contributed by atoms with E-state index in [1.165, 1.54) is 4.31 Å². The van der Waals surface area contributed by atoms with Crippen LogP contribution < -0.4 is 0 Å². The van der Waals surface area contributed by atoms with Gasteiger partial charge >= 0.3 is 0 Å². The Balaban J connectivity index is 2.68. The fourth-order valence-electron chi connectivity index (χ4n) is 0.938. The molecule has 0 amide bonds. The molecule has 1 rings (SSSR count). The van der Waals surface area contributed by atoms with E-state index in [2.05, 4.69) is 0 Å². The fraction of sp³-hybridized carbons (Fsp3) is 0.250. The Hall–Kier alpha value is -0.580. The van der Waals surface area contributed by atoms with Gasteiger partial charge < -0.3 is 0 Å². The van der Waals surface area contributed by atoms with E-state index in [0.717, 1.165) is 5.56 Å². The second-order valence-electron chi connectivity index (χ2n) is 2.51. The fourth-order valence-corrected chi connectivity index (χ4v) is 1.65. The zero-order valence-corrected chi connectivity index (χ0v) is 8.54. The molecule has 0 saturated carbocycles. The molecule has 0 spiro atoms. The molecule has 0 aliphatic carbocycles. The minimum Gasteiger partial charge on any atom is -0.215 e. The third kappa shape index (κ3) is 3.34. The van der Waals surface area contributed by atoms with Crippen molar-refractivity contribution in [3.8, 4) is 0 Å². The lowest BCUT2D eigenvalue weighted by Crippen LogP contribution is -2.19. The summed E-state index contributed by atoms with van der Waals surface area (Å²) in [5, 5.41) is 0. The Labute approximate surface area is 84.0 Å². The topological polar surface area (TPSA) is 37.4 Å². The van der Waals surface area contributed by atoms with E-state index >= 15 is 0 Å². The molecule has 13 heavy (non-hydrogen) atoms. The van der Waals surface area contributed by atoms with Crippen LogP contribution in [0, 0.1) is 0 Å². The lowest BCUT2D eigenvalue weighted by atomic mass is 10.2. The second-order valence-corrected chi connectivity index (χ2v) is 3.79. The van der Waals surface area contributed by atoms with Gasteiger partial charge in [0.25, 0.3) is 0 Å². The zero-order chi connectivity index (χ0) is 9.68. The van der Waals surface area contributed by atoms with E-state index in [4.69, 9.17) is 11.6 Å². The molecule has 0 heterocycles. The van der Waals surface area contributed by atoms with Crippen molar-refractivity contribution < 1.29 is 8.42 Å². The number of benzene rings is 1. The van der Waals surface area contributed by atoms with E-state index < -0.39 is 10.9 Å². The number of hydrogen-bond donors (Lipinski definition) is 1. The van der Waals surface area contributed by atoms with Crippen molar-refractivity contribution in [1.82, 2.24) is 4.31 Å². The van der Waals surface area contributed by atoms with Crippen LogP contribution in [0.1, 0.15) is 5.56 Å². The van der Waals surface area contributed by atoms with Crippen molar-refractivity contribution in [1.29, 1.82) is 0 Å². The first kappa shape index (κ1) is 10.5. The van der Waals surface area contributed by atoms with Gasteiger partial charge in [-0.15, -0.1) is 11.6 Å². The molecule has 72 valence electrons. The van der Waals surface area contributed by atoms with E-state index in [1.807, 2.05) is 30.3 Å². The monoisotopic (exact) mass is 219 g/mol. The maximum absolute atomic E-state index is 10.6. The molecule has 0 bridgehead atoms. The summed E-state index contributed by atoms with van der Waals surface area (Å²) in [5.41, 5.74) is 0.933. The van der Waals surface area contributed by atoms with Crippen LogP contribution in [0.4, 0.5) is 0 Å². The van der Waals surface area contributed by atoms with Gasteiger partial charge in [-0.2, -0.15) is 4.31 Å². The molecule has 0 N–H and O–H groups in total. The Bertz CT molecular complexity index is 318. The molecular formula is C8H10ClNO2S. The van der Waals surface area contributed by atoms with Crippen molar-refractivity contribution >= 4 is 22.5 Å². The predicted octanol–water partition coefficient (Wildman–Crippen LogP) is 1.21. The first-order valence-electron chi connectivity index (χ1n) is 3.73. The Morgan fingerprint density at radius 2 is 1.85 bits per heavy atom. The van der Waals surface area contributed by atoms with Crippen LogP contribution in [0.15, 0.2) is 30.3 Å². The number of nitrogens with zero attached hydrogens (tertiary/aromatic N) is 1. The quantitative estimate of drug-likeness (QED) is 0.470. The van der Waals surface area contributed by atoms with Crippen LogP contribution >= 0.6 is 11.6 Å². The number of alkyl halides is 1. The maximum Gasteiger partial charge on any atom is 0.205 e. The standard InChI is InChI=1S/C8H10ClNO2S/c9-7-10(13(11)12)6-8-4-2-1-3-5-8/h1-5,13H,6-7H2. The number of hydrogen-bond acceptors (Lipinski definition) is 2. The van der Waals surface area contributed by atoms with Crippen LogP contribution in [0.3, 0.4) is 0 Å². The first-order valence-corrected chi connectivity index (χ1v) is 5.39. The average molecular weight is 220 g/mol. The Morgan fingerprint density at radius 3 is 2.31 bits per heavy atom. The minimum atomic E-state index is -2.59. The summed E-state index contributed by atoms with van der Waals surface area (Å²) >= 11 is 5.45. The summed E-state index contributed by atoms with van der Waals surface area (Å²) in [5.74, 6) is 0. The zero-order valence-electron chi connectivity index (χ0n) is 6.89. The molecule has 1 aromatic rings. The maximum atomic E-state index is 10.6. The molecular weight excluding hydrogens is 210 g/mol. The molecule has 0 fully saturated rings. The van der Waals surface area contributed by atoms with Crippen LogP contribution in [-0.2, 0) is 17.4 Å². The third-order valence-electron chi connectivity index (χ3n) is 1.58. The third-order valence-corrected chi connectivity index (χ3v) is 2.78. The summed E-state index contributed by atoms with van der Waals surface area (Å²) in [7, 11) is -2.59. The van der Waals surface area contributed by atoms with E-state index in [9.17, 15) is 8.42 Å². The smallest absolute Gasteiger partial charge is 0.205 e. The van der Waals surface area contributed by atoms with Crippen molar-refractivity contribution in [2.75, 3.05) is 6.00 Å². The van der Waals surface area contributed by atoms with Gasteiger partial charge in [0.1, 0.15) is 0 Å². The van der Waals surface area contributed by atoms with Crippen LogP contribution in [-0.4, -0.2) is 18.7 Å². The number of thiol groups is 1. The average Bonchev–Trinajstić information content (AvgIpc) is 2.15. The molecule has 0 aliphatic rings. The summed E-state index contributed by atoms with van der Waals surface area (Å²) in [6.07, 6.45) is 0. The minimum absolute atomic E-state index is 0.00635. The predicted molar refractivity (Wildman–Crippen MR) is 53.0 cm³/mol. The lowest BCUT2D eigenvalue weighted by molar-refractivity contribution is 0.471. The van der Waals surface area contributed by atoms with Gasteiger partial charge in [-0.25, -0.2) is 8.42 Å². The van der Waals surface area contributed by atoms with Crippen molar-refractivity contribution in [2.45, 2.75) is 6.54 Å². The van der Waals surface area contributed by atoms with Gasteiger partial charge in [0.05, 0.1) is 6.00 Å². The molecule has 0 unspecified atom stereocenters. The normalized spacial score (nSPS) is 11.0. The van der Waals surface area contributed by atoms with Gasteiger partial charge in [-0.1, -0.05) is 30.3 Å². The second kappa shape index (κ2) is 5.21. The van der Waals surface area contributed by atoms with E-state index in [-0.39, 0.29) is 6.00 Å². The highest BCUT2D eigenvalue weighted by atomic mass is 35.5. The SMILES string of the molecule is O=[SH](=O)N(CCl)Cc1ccccc1. The van der Waals surface area contributed by atoms with Crippen molar-refractivity contribution in [2.24, 2.45) is 0 Å². The molecule has 0 saturated heterocycles. The Morgan fingerprint density at radius 1 is 1.23 bits per heavy atom. The highest BCUT2D eigenvalue weighted by Gasteiger charge is 2.04. The molecule has 1 aromatic carbocycles. The van der Waals surface area contributed by atoms with Crippen LogP contribution in [0.2, 0.25) is 0 Å². The largest absolute Gasteiger partial charge is 0.215 e. The van der Waals surface area contributed by atoms with E-state index in [0.29, 0.717) is 6.54 Å². The first-order chi connectivity index (χ1) is 6.24. The van der Waals surface area contributed by atoms with Gasteiger partial charge in [0.2, 0.25) is 10.9 Å². The van der Waals surface area contributed by atoms with E-state index in [1.54, 1.807) is 0 Å². The van der Waals surface area contributed by atoms with Crippen LogP contribution in [0.25, 0.3) is 0 Å².